The van der Waals surface area contributed by atoms with Crippen molar-refractivity contribution in [3.63, 3.8) is 0 Å². The third-order valence-corrected chi connectivity index (χ3v) is 5.88. The number of carbonyl (C=O) groups excluding carboxylic acids is 2. The van der Waals surface area contributed by atoms with Crippen molar-refractivity contribution in [3.05, 3.63) is 59.7 Å². The Labute approximate surface area is 199 Å². The Kier molecular flexibility index (Phi) is 7.64. The van der Waals surface area contributed by atoms with E-state index in [2.05, 4.69) is 10.5 Å². The van der Waals surface area contributed by atoms with Gasteiger partial charge in [-0.3, -0.25) is 4.79 Å². The first-order valence-corrected chi connectivity index (χ1v) is 11.3. The van der Waals surface area contributed by atoms with Crippen LogP contribution in [0, 0.1) is 6.92 Å². The number of morpholine rings is 1. The summed E-state index contributed by atoms with van der Waals surface area (Å²) in [6.07, 6.45) is 0.333. The fourth-order valence-electron chi connectivity index (χ4n) is 4.04. The van der Waals surface area contributed by atoms with Gasteiger partial charge in [-0.15, -0.1) is 0 Å². The van der Waals surface area contributed by atoms with Gasteiger partial charge in [0.15, 0.2) is 0 Å². The molecule has 2 heterocycles. The van der Waals surface area contributed by atoms with Gasteiger partial charge >= 0.3 is 6.03 Å². The van der Waals surface area contributed by atoms with Crippen LogP contribution >= 0.6 is 0 Å². The molecule has 0 unspecified atom stereocenters. The molecule has 3 amide bonds. The molecule has 0 radical (unpaired) electrons. The minimum absolute atomic E-state index is 0.0944. The fraction of sp³-hybridized carbons (Fsp3) is 0.400. The first kappa shape index (κ1) is 23.6. The standard InChI is InChI=1S/C25H30N4O5/c1-18-4-3-5-20(14-18)26-25(31)29-16-21(15-23(29)24(30)28-10-12-33-13-11-28)27-34-17-19-6-8-22(32-2)9-7-19/h3-9,14,23H,10-13,15-17H2,1-2H3,(H,26,31)/t23-/m0/s1. The number of aryl methyl sites for hydroxylation is 1. The summed E-state index contributed by atoms with van der Waals surface area (Å²) in [6.45, 7) is 4.50. The van der Waals surface area contributed by atoms with Gasteiger partial charge in [-0.2, -0.15) is 0 Å². The Balaban J connectivity index is 1.45. The summed E-state index contributed by atoms with van der Waals surface area (Å²) in [6, 6.07) is 14.1. The molecule has 1 atom stereocenters. The normalized spacial score (nSPS) is 19.2. The second-order valence-corrected chi connectivity index (χ2v) is 8.36. The van der Waals surface area contributed by atoms with E-state index < -0.39 is 6.04 Å². The highest BCUT2D eigenvalue weighted by Gasteiger charge is 2.40. The van der Waals surface area contributed by atoms with Crippen LogP contribution in [-0.4, -0.2) is 73.4 Å². The number of hydrogen-bond donors (Lipinski definition) is 1. The van der Waals surface area contributed by atoms with Gasteiger partial charge in [0, 0.05) is 25.2 Å². The third kappa shape index (κ3) is 5.85. The zero-order chi connectivity index (χ0) is 23.9. The van der Waals surface area contributed by atoms with Gasteiger partial charge in [0.25, 0.3) is 0 Å². The van der Waals surface area contributed by atoms with Crippen LogP contribution in [-0.2, 0) is 21.0 Å². The van der Waals surface area contributed by atoms with E-state index in [1.165, 1.54) is 4.90 Å². The van der Waals surface area contributed by atoms with E-state index in [0.29, 0.717) is 44.1 Å². The van der Waals surface area contributed by atoms with Crippen LogP contribution < -0.4 is 10.1 Å². The van der Waals surface area contributed by atoms with E-state index in [-0.39, 0.29) is 25.1 Å². The van der Waals surface area contributed by atoms with Crippen LogP contribution in [0.4, 0.5) is 10.5 Å². The minimum Gasteiger partial charge on any atom is -0.497 e. The Morgan fingerprint density at radius 3 is 2.62 bits per heavy atom. The monoisotopic (exact) mass is 466 g/mol. The highest BCUT2D eigenvalue weighted by atomic mass is 16.6. The van der Waals surface area contributed by atoms with Crippen molar-refractivity contribution in [2.45, 2.75) is 26.0 Å². The maximum absolute atomic E-state index is 13.3. The number of benzene rings is 2. The SMILES string of the molecule is COc1ccc(CON=C2C[C@@H](C(=O)N3CCOCC3)N(C(=O)Nc3cccc(C)c3)C2)cc1. The van der Waals surface area contributed by atoms with Crippen molar-refractivity contribution in [1.82, 2.24) is 9.80 Å². The molecule has 0 aliphatic carbocycles. The van der Waals surface area contributed by atoms with Crippen LogP contribution in [0.3, 0.4) is 0 Å². The molecule has 2 aliphatic heterocycles. The van der Waals surface area contributed by atoms with Crippen LogP contribution in [0.5, 0.6) is 5.75 Å². The van der Waals surface area contributed by atoms with Crippen LogP contribution in [0.2, 0.25) is 0 Å². The molecule has 0 spiro atoms. The number of urea groups is 1. The zero-order valence-electron chi connectivity index (χ0n) is 19.5. The van der Waals surface area contributed by atoms with Crippen molar-refractivity contribution in [2.75, 3.05) is 45.3 Å². The van der Waals surface area contributed by atoms with Gasteiger partial charge in [0.05, 0.1) is 32.6 Å². The summed E-state index contributed by atoms with van der Waals surface area (Å²) in [7, 11) is 1.62. The van der Waals surface area contributed by atoms with Crippen LogP contribution in [0.25, 0.3) is 0 Å². The summed E-state index contributed by atoms with van der Waals surface area (Å²) < 4.78 is 10.5. The number of amides is 3. The topological polar surface area (TPSA) is 92.7 Å². The number of nitrogens with zero attached hydrogens (tertiary/aromatic N) is 3. The minimum atomic E-state index is -0.633. The molecule has 0 bridgehead atoms. The van der Waals surface area contributed by atoms with Crippen molar-refractivity contribution < 1.29 is 23.9 Å². The van der Waals surface area contributed by atoms with E-state index in [1.807, 2.05) is 55.5 Å². The number of ether oxygens (including phenoxy) is 2. The molecule has 4 rings (SSSR count). The molecular formula is C25H30N4O5. The van der Waals surface area contributed by atoms with E-state index in [4.69, 9.17) is 14.3 Å². The van der Waals surface area contributed by atoms with Gasteiger partial charge in [0.1, 0.15) is 18.4 Å². The first-order valence-electron chi connectivity index (χ1n) is 11.3. The lowest BCUT2D eigenvalue weighted by Crippen LogP contribution is -2.51. The summed E-state index contributed by atoms with van der Waals surface area (Å²) >= 11 is 0. The number of carbonyl (C=O) groups is 2. The molecular weight excluding hydrogens is 436 g/mol. The lowest BCUT2D eigenvalue weighted by Gasteiger charge is -2.32. The maximum atomic E-state index is 13.3. The molecule has 180 valence electrons. The predicted molar refractivity (Wildman–Crippen MR) is 128 cm³/mol. The van der Waals surface area contributed by atoms with Crippen molar-refractivity contribution >= 4 is 23.3 Å². The molecule has 2 saturated heterocycles. The quantitative estimate of drug-likeness (QED) is 0.661. The molecule has 0 aromatic heterocycles. The van der Waals surface area contributed by atoms with Gasteiger partial charge in [-0.05, 0) is 42.3 Å². The van der Waals surface area contributed by atoms with E-state index in [9.17, 15) is 9.59 Å². The second kappa shape index (κ2) is 11.0. The number of likely N-dealkylation sites (tertiary alicyclic amines) is 1. The van der Waals surface area contributed by atoms with E-state index >= 15 is 0 Å². The van der Waals surface area contributed by atoms with Crippen molar-refractivity contribution in [2.24, 2.45) is 5.16 Å². The van der Waals surface area contributed by atoms with E-state index in [1.54, 1.807) is 12.0 Å². The number of nitrogens with one attached hydrogen (secondary N) is 1. The second-order valence-electron chi connectivity index (χ2n) is 8.36. The summed E-state index contributed by atoms with van der Waals surface area (Å²) in [4.78, 5) is 35.2. The molecule has 9 nitrogen and oxygen atoms in total. The van der Waals surface area contributed by atoms with Crippen LogP contribution in [0.1, 0.15) is 17.5 Å². The molecule has 1 N–H and O–H groups in total. The summed E-state index contributed by atoms with van der Waals surface area (Å²) in [5, 5.41) is 7.17. The fourth-order valence-corrected chi connectivity index (χ4v) is 4.04. The molecule has 2 aromatic rings. The largest absolute Gasteiger partial charge is 0.497 e. The van der Waals surface area contributed by atoms with Gasteiger partial charge in [0.2, 0.25) is 5.91 Å². The highest BCUT2D eigenvalue weighted by Crippen LogP contribution is 2.22. The Bertz CT molecular complexity index is 1030. The Morgan fingerprint density at radius 1 is 1.15 bits per heavy atom. The Hall–Kier alpha value is -3.59. The number of methoxy groups -OCH3 is 1. The molecule has 2 aliphatic rings. The average Bonchev–Trinajstić information content (AvgIpc) is 3.29. The number of rotatable bonds is 6. The molecule has 2 aromatic carbocycles. The predicted octanol–water partition coefficient (Wildman–Crippen LogP) is 3.04. The summed E-state index contributed by atoms with van der Waals surface area (Å²) in [5.41, 5.74) is 3.32. The lowest BCUT2D eigenvalue weighted by atomic mass is 10.1. The molecule has 34 heavy (non-hydrogen) atoms. The van der Waals surface area contributed by atoms with Gasteiger partial charge in [-0.25, -0.2) is 4.79 Å². The molecule has 2 fully saturated rings. The maximum Gasteiger partial charge on any atom is 0.322 e. The molecule has 0 saturated carbocycles. The number of oxime groups is 1. The zero-order valence-corrected chi connectivity index (χ0v) is 19.5. The van der Waals surface area contributed by atoms with E-state index in [0.717, 1.165) is 16.9 Å². The van der Waals surface area contributed by atoms with Gasteiger partial charge in [-0.1, -0.05) is 29.4 Å². The number of anilines is 1. The van der Waals surface area contributed by atoms with Crippen molar-refractivity contribution in [1.29, 1.82) is 0 Å². The third-order valence-electron chi connectivity index (χ3n) is 5.88. The highest BCUT2D eigenvalue weighted by molar-refractivity contribution is 6.03. The lowest BCUT2D eigenvalue weighted by molar-refractivity contribution is -0.139. The smallest absolute Gasteiger partial charge is 0.322 e. The number of hydrogen-bond acceptors (Lipinski definition) is 6. The molecule has 9 heteroatoms. The van der Waals surface area contributed by atoms with Crippen LogP contribution in [0.15, 0.2) is 53.7 Å². The Morgan fingerprint density at radius 2 is 1.91 bits per heavy atom. The average molecular weight is 467 g/mol. The van der Waals surface area contributed by atoms with Gasteiger partial charge < -0.3 is 29.4 Å². The first-order chi connectivity index (χ1) is 16.5. The summed E-state index contributed by atoms with van der Waals surface area (Å²) in [5.74, 6) is 0.675. The van der Waals surface area contributed by atoms with Crippen molar-refractivity contribution in [3.8, 4) is 5.75 Å².